The zero-order chi connectivity index (χ0) is 16.5. The number of carbonyl (C=O) groups is 1. The lowest BCUT2D eigenvalue weighted by atomic mass is 9.98. The number of hydrogen-bond acceptors (Lipinski definition) is 5. The minimum Gasteiger partial charge on any atom is -0.335 e. The van der Waals surface area contributed by atoms with E-state index in [2.05, 4.69) is 34.3 Å². The highest BCUT2D eigenvalue weighted by Crippen LogP contribution is 2.36. The maximum absolute atomic E-state index is 12.8. The molecule has 0 bridgehead atoms. The fraction of sp³-hybridized carbons (Fsp3) is 0.333. The zero-order valence-corrected chi connectivity index (χ0v) is 15.8. The normalized spacial score (nSPS) is 17.2. The standard InChI is InChI=1S/C18H18N2OS3/c1-2-14-12-8-10-22-15(12)7-9-20(14)17(21)11-23-18-19-13-5-3-4-6-16(13)24-18/h3-6,8,10,14H,2,7,9,11H2,1H3. The van der Waals surface area contributed by atoms with E-state index in [1.807, 2.05) is 29.5 Å². The second-order valence-electron chi connectivity index (χ2n) is 5.80. The lowest BCUT2D eigenvalue weighted by Crippen LogP contribution is -2.40. The van der Waals surface area contributed by atoms with E-state index in [-0.39, 0.29) is 11.9 Å². The molecule has 0 radical (unpaired) electrons. The fourth-order valence-corrected chi connectivity index (χ4v) is 6.14. The van der Waals surface area contributed by atoms with Crippen molar-refractivity contribution in [3.8, 4) is 0 Å². The minimum atomic E-state index is 0.225. The second kappa shape index (κ2) is 6.86. The van der Waals surface area contributed by atoms with Gasteiger partial charge in [0.15, 0.2) is 4.34 Å². The zero-order valence-electron chi connectivity index (χ0n) is 13.4. The molecular weight excluding hydrogens is 356 g/mol. The molecule has 0 aliphatic carbocycles. The summed E-state index contributed by atoms with van der Waals surface area (Å²) in [4.78, 5) is 20.9. The van der Waals surface area contributed by atoms with E-state index in [0.717, 1.165) is 29.2 Å². The molecule has 1 aromatic carbocycles. The Morgan fingerprint density at radius 1 is 1.38 bits per heavy atom. The number of thioether (sulfide) groups is 1. The number of carbonyl (C=O) groups excluding carboxylic acids is 1. The first kappa shape index (κ1) is 16.1. The molecule has 3 nitrogen and oxygen atoms in total. The Labute approximate surface area is 153 Å². The molecule has 1 amide bonds. The number of aromatic nitrogens is 1. The number of fused-ring (bicyclic) bond motifs is 2. The summed E-state index contributed by atoms with van der Waals surface area (Å²) in [6.45, 7) is 3.00. The van der Waals surface area contributed by atoms with Crippen LogP contribution in [0.25, 0.3) is 10.2 Å². The Morgan fingerprint density at radius 3 is 3.08 bits per heavy atom. The number of para-hydroxylation sites is 1. The molecule has 6 heteroatoms. The maximum atomic E-state index is 12.8. The van der Waals surface area contributed by atoms with Gasteiger partial charge in [-0.2, -0.15) is 0 Å². The maximum Gasteiger partial charge on any atom is 0.233 e. The first-order valence-corrected chi connectivity index (χ1v) is 10.8. The van der Waals surface area contributed by atoms with Crippen molar-refractivity contribution < 1.29 is 4.79 Å². The Hall–Kier alpha value is -1.37. The minimum absolute atomic E-state index is 0.225. The fourth-order valence-electron chi connectivity index (χ4n) is 3.25. The largest absolute Gasteiger partial charge is 0.335 e. The first-order chi connectivity index (χ1) is 11.8. The summed E-state index contributed by atoms with van der Waals surface area (Å²) in [6.07, 6.45) is 1.96. The van der Waals surface area contributed by atoms with E-state index in [1.54, 1.807) is 23.1 Å². The van der Waals surface area contributed by atoms with Crippen molar-refractivity contribution in [1.82, 2.24) is 9.88 Å². The van der Waals surface area contributed by atoms with Gasteiger partial charge in [0.1, 0.15) is 0 Å². The van der Waals surface area contributed by atoms with E-state index < -0.39 is 0 Å². The molecule has 0 saturated carbocycles. The van der Waals surface area contributed by atoms with Crippen LogP contribution in [0.3, 0.4) is 0 Å². The molecule has 0 N–H and O–H groups in total. The van der Waals surface area contributed by atoms with Crippen LogP contribution in [-0.4, -0.2) is 28.1 Å². The van der Waals surface area contributed by atoms with Gasteiger partial charge >= 0.3 is 0 Å². The van der Waals surface area contributed by atoms with Crippen LogP contribution in [0, 0.1) is 0 Å². The molecule has 1 unspecified atom stereocenters. The van der Waals surface area contributed by atoms with Gasteiger partial charge in [-0.1, -0.05) is 30.8 Å². The van der Waals surface area contributed by atoms with Crippen LogP contribution in [0.1, 0.15) is 29.8 Å². The van der Waals surface area contributed by atoms with Gasteiger partial charge in [0, 0.05) is 11.4 Å². The lowest BCUT2D eigenvalue weighted by Gasteiger charge is -2.35. The highest BCUT2D eigenvalue weighted by molar-refractivity contribution is 8.01. The predicted octanol–water partition coefficient (Wildman–Crippen LogP) is 4.99. The lowest BCUT2D eigenvalue weighted by molar-refractivity contribution is -0.131. The molecule has 124 valence electrons. The Morgan fingerprint density at radius 2 is 2.25 bits per heavy atom. The Balaban J connectivity index is 1.46. The number of amides is 1. The molecule has 1 aliphatic heterocycles. The van der Waals surface area contributed by atoms with Crippen molar-refractivity contribution in [2.24, 2.45) is 0 Å². The van der Waals surface area contributed by atoms with Crippen molar-refractivity contribution >= 4 is 50.6 Å². The van der Waals surface area contributed by atoms with E-state index in [9.17, 15) is 4.79 Å². The van der Waals surface area contributed by atoms with Crippen molar-refractivity contribution in [1.29, 1.82) is 0 Å². The summed E-state index contributed by atoms with van der Waals surface area (Å²) in [7, 11) is 0. The molecule has 24 heavy (non-hydrogen) atoms. The van der Waals surface area contributed by atoms with Crippen LogP contribution in [0.15, 0.2) is 40.1 Å². The molecule has 0 saturated heterocycles. The molecular formula is C18H18N2OS3. The van der Waals surface area contributed by atoms with Gasteiger partial charge in [-0.15, -0.1) is 22.7 Å². The number of thiazole rings is 1. The highest BCUT2D eigenvalue weighted by Gasteiger charge is 2.30. The van der Waals surface area contributed by atoms with Gasteiger partial charge in [-0.3, -0.25) is 4.79 Å². The summed E-state index contributed by atoms with van der Waals surface area (Å²) in [5.74, 6) is 0.693. The molecule has 1 aliphatic rings. The van der Waals surface area contributed by atoms with Gasteiger partial charge < -0.3 is 4.90 Å². The number of hydrogen-bond donors (Lipinski definition) is 0. The predicted molar refractivity (Wildman–Crippen MR) is 103 cm³/mol. The highest BCUT2D eigenvalue weighted by atomic mass is 32.2. The third-order valence-corrected chi connectivity index (χ3v) is 7.56. The van der Waals surface area contributed by atoms with E-state index in [4.69, 9.17) is 0 Å². The summed E-state index contributed by atoms with van der Waals surface area (Å²) >= 11 is 5.05. The van der Waals surface area contributed by atoms with Crippen molar-refractivity contribution in [3.05, 3.63) is 46.2 Å². The number of rotatable bonds is 4. The van der Waals surface area contributed by atoms with Gasteiger partial charge in [-0.25, -0.2) is 4.98 Å². The molecule has 3 aromatic rings. The van der Waals surface area contributed by atoms with Crippen LogP contribution in [0.4, 0.5) is 0 Å². The molecule has 4 rings (SSSR count). The van der Waals surface area contributed by atoms with Gasteiger partial charge in [0.25, 0.3) is 0 Å². The Bertz CT molecular complexity index is 837. The van der Waals surface area contributed by atoms with E-state index in [1.165, 1.54) is 15.1 Å². The summed E-state index contributed by atoms with van der Waals surface area (Å²) in [5.41, 5.74) is 2.37. The van der Waals surface area contributed by atoms with Crippen LogP contribution in [-0.2, 0) is 11.2 Å². The molecule has 0 fully saturated rings. The average molecular weight is 375 g/mol. The number of benzene rings is 1. The van der Waals surface area contributed by atoms with Crippen molar-refractivity contribution in [2.75, 3.05) is 12.3 Å². The van der Waals surface area contributed by atoms with E-state index in [0.29, 0.717) is 5.75 Å². The first-order valence-electron chi connectivity index (χ1n) is 8.10. The van der Waals surface area contributed by atoms with Gasteiger partial charge in [0.05, 0.1) is 22.0 Å². The van der Waals surface area contributed by atoms with Crippen LogP contribution >= 0.6 is 34.4 Å². The molecule has 3 heterocycles. The smallest absolute Gasteiger partial charge is 0.233 e. The summed E-state index contributed by atoms with van der Waals surface area (Å²) in [6, 6.07) is 10.6. The number of nitrogens with zero attached hydrogens (tertiary/aromatic N) is 2. The average Bonchev–Trinajstić information content (AvgIpc) is 3.24. The molecule has 0 spiro atoms. The van der Waals surface area contributed by atoms with Gasteiger partial charge in [-0.05, 0) is 42.0 Å². The molecule has 2 aromatic heterocycles. The third kappa shape index (κ3) is 2.98. The Kier molecular flexibility index (Phi) is 4.61. The van der Waals surface area contributed by atoms with Crippen LogP contribution < -0.4 is 0 Å². The number of thiophene rings is 1. The SMILES string of the molecule is CCC1c2ccsc2CCN1C(=O)CSc1nc2ccccc2s1. The van der Waals surface area contributed by atoms with Crippen molar-refractivity contribution in [3.63, 3.8) is 0 Å². The van der Waals surface area contributed by atoms with Crippen LogP contribution in [0.5, 0.6) is 0 Å². The van der Waals surface area contributed by atoms with Crippen LogP contribution in [0.2, 0.25) is 0 Å². The monoisotopic (exact) mass is 374 g/mol. The third-order valence-electron chi connectivity index (χ3n) is 4.40. The molecule has 1 atom stereocenters. The second-order valence-corrected chi connectivity index (χ2v) is 9.05. The van der Waals surface area contributed by atoms with Gasteiger partial charge in [0.2, 0.25) is 5.91 Å². The summed E-state index contributed by atoms with van der Waals surface area (Å²) in [5, 5.41) is 2.15. The van der Waals surface area contributed by atoms with E-state index >= 15 is 0 Å². The van der Waals surface area contributed by atoms with Crippen molar-refractivity contribution in [2.45, 2.75) is 30.1 Å². The quantitative estimate of drug-likeness (QED) is 0.604. The summed E-state index contributed by atoms with van der Waals surface area (Å²) < 4.78 is 2.16. The topological polar surface area (TPSA) is 33.2 Å².